The Hall–Kier alpha value is -1.68. The molecule has 0 aromatic carbocycles. The molecule has 1 aliphatic carbocycles. The fourth-order valence-electron chi connectivity index (χ4n) is 2.99. The third kappa shape index (κ3) is 4.20. The summed E-state index contributed by atoms with van der Waals surface area (Å²) < 4.78 is 0. The van der Waals surface area contributed by atoms with E-state index in [1.807, 2.05) is 34.6 Å². The lowest BCUT2D eigenvalue weighted by Crippen LogP contribution is -2.48. The summed E-state index contributed by atoms with van der Waals surface area (Å²) in [5.41, 5.74) is -0.356. The summed E-state index contributed by atoms with van der Waals surface area (Å²) in [5, 5.41) is 11.0. The molecule has 4 nitrogen and oxygen atoms in total. The first kappa shape index (κ1) is 19.4. The van der Waals surface area contributed by atoms with Crippen molar-refractivity contribution < 1.29 is 14.7 Å². The molecule has 0 saturated carbocycles. The molecule has 0 spiro atoms. The third-order valence-electron chi connectivity index (χ3n) is 4.64. The number of nitrogens with zero attached hydrogens (tertiary/aromatic N) is 1. The first-order valence-electron chi connectivity index (χ1n) is 8.17. The molecule has 0 radical (unpaired) electrons. The van der Waals surface area contributed by atoms with E-state index in [0.717, 1.165) is 5.57 Å². The van der Waals surface area contributed by atoms with Crippen molar-refractivity contribution in [3.05, 3.63) is 35.5 Å². The second-order valence-electron chi connectivity index (χ2n) is 6.85. The SMILES string of the molecule is CCN(CC)C(=O)/C=C(C)\C=C\C1(O)C(C)=CC(=O)CC1(C)C. The Morgan fingerprint density at radius 3 is 2.39 bits per heavy atom. The van der Waals surface area contributed by atoms with Gasteiger partial charge in [0.1, 0.15) is 5.60 Å². The maximum absolute atomic E-state index is 12.1. The monoisotopic (exact) mass is 319 g/mol. The minimum atomic E-state index is -1.19. The highest BCUT2D eigenvalue weighted by Gasteiger charge is 2.46. The average molecular weight is 319 g/mol. The van der Waals surface area contributed by atoms with Crippen LogP contribution in [0.15, 0.2) is 35.5 Å². The normalized spacial score (nSPS) is 24.7. The first-order valence-corrected chi connectivity index (χ1v) is 8.17. The van der Waals surface area contributed by atoms with Crippen LogP contribution < -0.4 is 0 Å². The van der Waals surface area contributed by atoms with Crippen molar-refractivity contribution in [1.82, 2.24) is 4.90 Å². The summed E-state index contributed by atoms with van der Waals surface area (Å²) in [5.74, 6) is 0.00374. The van der Waals surface area contributed by atoms with Crippen molar-refractivity contribution >= 4 is 11.7 Å². The van der Waals surface area contributed by atoms with E-state index in [2.05, 4.69) is 0 Å². The highest BCUT2D eigenvalue weighted by molar-refractivity contribution is 5.93. The second-order valence-corrected chi connectivity index (χ2v) is 6.85. The standard InChI is InChI=1S/C19H29NO3/c1-7-20(8-2)17(22)11-14(3)9-10-19(23)15(4)12-16(21)13-18(19,5)6/h9-12,23H,7-8,13H2,1-6H3/b10-9+,14-11-. The van der Waals surface area contributed by atoms with Gasteiger partial charge in [-0.1, -0.05) is 19.9 Å². The Bertz CT molecular complexity index is 565. The minimum absolute atomic E-state index is 0.0329. The Morgan fingerprint density at radius 1 is 1.35 bits per heavy atom. The summed E-state index contributed by atoms with van der Waals surface area (Å²) in [4.78, 5) is 25.5. The molecule has 1 atom stereocenters. The Labute approximate surface area is 139 Å². The number of amides is 1. The van der Waals surface area contributed by atoms with Crippen LogP contribution in [0.2, 0.25) is 0 Å². The van der Waals surface area contributed by atoms with Gasteiger partial charge in [0.2, 0.25) is 5.91 Å². The Balaban J connectivity index is 3.04. The van der Waals surface area contributed by atoms with E-state index in [0.29, 0.717) is 25.1 Å². The van der Waals surface area contributed by atoms with Gasteiger partial charge < -0.3 is 10.0 Å². The molecule has 0 aromatic rings. The molecule has 0 aliphatic heterocycles. The van der Waals surface area contributed by atoms with Gasteiger partial charge in [-0.3, -0.25) is 9.59 Å². The van der Waals surface area contributed by atoms with Crippen LogP contribution in [0.3, 0.4) is 0 Å². The van der Waals surface area contributed by atoms with E-state index in [1.54, 1.807) is 30.1 Å². The largest absolute Gasteiger partial charge is 0.381 e. The maximum Gasteiger partial charge on any atom is 0.246 e. The van der Waals surface area contributed by atoms with Gasteiger partial charge in [0.15, 0.2) is 5.78 Å². The van der Waals surface area contributed by atoms with E-state index >= 15 is 0 Å². The number of aliphatic hydroxyl groups is 1. The quantitative estimate of drug-likeness (QED) is 0.626. The van der Waals surface area contributed by atoms with Gasteiger partial charge in [0.25, 0.3) is 0 Å². The average Bonchev–Trinajstić information content (AvgIpc) is 2.43. The molecule has 1 N–H and O–H groups in total. The maximum atomic E-state index is 12.1. The number of ketones is 1. The van der Waals surface area contributed by atoms with Crippen molar-refractivity contribution in [2.75, 3.05) is 13.1 Å². The van der Waals surface area contributed by atoms with Crippen LogP contribution in [0.4, 0.5) is 0 Å². The first-order chi connectivity index (χ1) is 10.6. The smallest absolute Gasteiger partial charge is 0.246 e. The van der Waals surface area contributed by atoms with E-state index in [-0.39, 0.29) is 11.7 Å². The molecule has 1 rings (SSSR count). The molecule has 0 saturated heterocycles. The van der Waals surface area contributed by atoms with Crippen molar-refractivity contribution in [3.8, 4) is 0 Å². The summed E-state index contributed by atoms with van der Waals surface area (Å²) in [6.45, 7) is 12.6. The summed E-state index contributed by atoms with van der Waals surface area (Å²) >= 11 is 0. The van der Waals surface area contributed by atoms with Crippen molar-refractivity contribution in [3.63, 3.8) is 0 Å². The van der Waals surface area contributed by atoms with Gasteiger partial charge in [0, 0.05) is 31.0 Å². The number of carbonyl (C=O) groups excluding carboxylic acids is 2. The molecule has 0 heterocycles. The van der Waals surface area contributed by atoms with E-state index in [4.69, 9.17) is 0 Å². The predicted octanol–water partition coefficient (Wildman–Crippen LogP) is 3.03. The predicted molar refractivity (Wildman–Crippen MR) is 92.9 cm³/mol. The van der Waals surface area contributed by atoms with Crippen LogP contribution in [0.5, 0.6) is 0 Å². The number of carbonyl (C=O) groups is 2. The molecule has 128 valence electrons. The lowest BCUT2D eigenvalue weighted by atomic mass is 9.64. The zero-order valence-electron chi connectivity index (χ0n) is 15.1. The number of allylic oxidation sites excluding steroid dienone is 3. The second kappa shape index (κ2) is 7.26. The van der Waals surface area contributed by atoms with Crippen molar-refractivity contribution in [2.24, 2.45) is 5.41 Å². The zero-order valence-corrected chi connectivity index (χ0v) is 15.1. The van der Waals surface area contributed by atoms with Crippen LogP contribution in [0, 0.1) is 5.41 Å². The summed E-state index contributed by atoms with van der Waals surface area (Å²) in [7, 11) is 0. The van der Waals surface area contributed by atoms with E-state index in [9.17, 15) is 14.7 Å². The van der Waals surface area contributed by atoms with E-state index < -0.39 is 11.0 Å². The van der Waals surface area contributed by atoms with Gasteiger partial charge in [-0.15, -0.1) is 0 Å². The molecule has 23 heavy (non-hydrogen) atoms. The van der Waals surface area contributed by atoms with Crippen LogP contribution in [-0.2, 0) is 9.59 Å². The van der Waals surface area contributed by atoms with E-state index in [1.165, 1.54) is 6.08 Å². The topological polar surface area (TPSA) is 57.6 Å². The van der Waals surface area contributed by atoms with Crippen LogP contribution in [0.25, 0.3) is 0 Å². The lowest BCUT2D eigenvalue weighted by molar-refractivity contribution is -0.125. The number of rotatable bonds is 5. The van der Waals surface area contributed by atoms with Gasteiger partial charge >= 0.3 is 0 Å². The van der Waals surface area contributed by atoms with Crippen LogP contribution in [-0.4, -0.2) is 40.4 Å². The summed E-state index contributed by atoms with van der Waals surface area (Å²) in [6.07, 6.45) is 6.85. The third-order valence-corrected chi connectivity index (χ3v) is 4.64. The molecule has 0 fully saturated rings. The molecular weight excluding hydrogens is 290 g/mol. The number of hydrogen-bond acceptors (Lipinski definition) is 3. The van der Waals surface area contributed by atoms with Crippen LogP contribution >= 0.6 is 0 Å². The fraction of sp³-hybridized carbons (Fsp3) is 0.579. The molecule has 1 aliphatic rings. The van der Waals surface area contributed by atoms with Crippen LogP contribution in [0.1, 0.15) is 48.0 Å². The molecular formula is C19H29NO3. The van der Waals surface area contributed by atoms with Gasteiger partial charge in [-0.05, 0) is 51.0 Å². The minimum Gasteiger partial charge on any atom is -0.381 e. The highest BCUT2D eigenvalue weighted by atomic mass is 16.3. The number of hydrogen-bond donors (Lipinski definition) is 1. The highest BCUT2D eigenvalue weighted by Crippen LogP contribution is 2.44. The van der Waals surface area contributed by atoms with Gasteiger partial charge in [-0.25, -0.2) is 0 Å². The lowest BCUT2D eigenvalue weighted by Gasteiger charge is -2.44. The Kier molecular flexibility index (Phi) is 6.11. The fourth-order valence-corrected chi connectivity index (χ4v) is 2.99. The Morgan fingerprint density at radius 2 is 1.91 bits per heavy atom. The summed E-state index contributed by atoms with van der Waals surface area (Å²) in [6, 6.07) is 0. The zero-order chi connectivity index (χ0) is 17.8. The molecule has 4 heteroatoms. The van der Waals surface area contributed by atoms with Crippen molar-refractivity contribution in [2.45, 2.75) is 53.6 Å². The molecule has 0 bridgehead atoms. The molecule has 1 amide bonds. The molecule has 0 aromatic heterocycles. The van der Waals surface area contributed by atoms with Gasteiger partial charge in [-0.2, -0.15) is 0 Å². The molecule has 1 unspecified atom stereocenters. The van der Waals surface area contributed by atoms with Crippen molar-refractivity contribution in [1.29, 1.82) is 0 Å². The number of likely N-dealkylation sites (N-methyl/N-ethyl adjacent to an activating group) is 1. The van der Waals surface area contributed by atoms with Gasteiger partial charge in [0.05, 0.1) is 0 Å².